The Bertz CT molecular complexity index is 2250. The molecule has 0 aliphatic rings. The van der Waals surface area contributed by atoms with Gasteiger partial charge in [-0.15, -0.1) is 0 Å². The van der Waals surface area contributed by atoms with E-state index < -0.39 is 10.00 Å². The van der Waals surface area contributed by atoms with Crippen molar-refractivity contribution in [1.82, 2.24) is 49.8 Å². The van der Waals surface area contributed by atoms with Crippen LogP contribution in [0.2, 0.25) is 0 Å². The molecule has 19 nitrogen and oxygen atoms in total. The number of ether oxygens (including phenoxy) is 3. The number of H-pyrrole nitrogens is 2. The maximum atomic E-state index is 13.8. The van der Waals surface area contributed by atoms with Crippen LogP contribution in [0.25, 0.3) is 22.3 Å². The highest BCUT2D eigenvalue weighted by Crippen LogP contribution is 2.37. The fraction of sp³-hybridized carbons (Fsp3) is 0.312. The highest BCUT2D eigenvalue weighted by Gasteiger charge is 2.32. The number of fused-ring (bicyclic) bond motifs is 2. The van der Waals surface area contributed by atoms with Gasteiger partial charge in [-0.1, -0.05) is 23.5 Å². The van der Waals surface area contributed by atoms with Gasteiger partial charge in [0.15, 0.2) is 17.0 Å². The molecule has 0 saturated heterocycles. The lowest BCUT2D eigenvalue weighted by atomic mass is 10.2. The zero-order valence-corrected chi connectivity index (χ0v) is 30.9. The number of hydrogen-bond donors (Lipinski definition) is 6. The number of aromatic nitrogens is 10. The van der Waals surface area contributed by atoms with Crippen molar-refractivity contribution in [3.05, 3.63) is 43.1 Å². The lowest BCUT2D eigenvalue weighted by Crippen LogP contribution is -2.34. The zero-order valence-electron chi connectivity index (χ0n) is 29.3. The van der Waals surface area contributed by atoms with Crippen LogP contribution in [0.1, 0.15) is 27.2 Å². The SMILES string of the molecule is CCOc1ccnc(NC(=O)[C@@H](CCNc2nc(SC(C)(C)C(=O)Nc3ccc(OC)c(OC)n3)c3[nH]cnc3n2)Sc2nc(N)nc3nc[nH]c23)c1. The van der Waals surface area contributed by atoms with Gasteiger partial charge in [-0.2, -0.15) is 15.0 Å². The second kappa shape index (κ2) is 16.2. The van der Waals surface area contributed by atoms with Gasteiger partial charge >= 0.3 is 0 Å². The molecular formula is C32H36N14O5S2. The minimum absolute atomic E-state index is 0.0257. The average molecular weight is 761 g/mol. The van der Waals surface area contributed by atoms with E-state index in [1.54, 1.807) is 44.3 Å². The van der Waals surface area contributed by atoms with Crippen LogP contribution in [-0.2, 0) is 9.59 Å². The quantitative estimate of drug-likeness (QED) is 0.0603. The van der Waals surface area contributed by atoms with Crippen LogP contribution in [0.5, 0.6) is 17.4 Å². The number of nitrogens with one attached hydrogen (secondary N) is 5. The Balaban J connectivity index is 1.19. The normalized spacial score (nSPS) is 12.0. The lowest BCUT2D eigenvalue weighted by molar-refractivity contribution is -0.118. The molecule has 6 heterocycles. The largest absolute Gasteiger partial charge is 0.494 e. The van der Waals surface area contributed by atoms with E-state index in [2.05, 4.69) is 60.8 Å². The summed E-state index contributed by atoms with van der Waals surface area (Å²) in [5.41, 5.74) is 7.85. The van der Waals surface area contributed by atoms with Crippen LogP contribution in [-0.4, -0.2) is 99.0 Å². The highest BCUT2D eigenvalue weighted by molar-refractivity contribution is 8.01. The van der Waals surface area contributed by atoms with Gasteiger partial charge in [-0.25, -0.2) is 24.9 Å². The van der Waals surface area contributed by atoms with Crippen molar-refractivity contribution in [2.75, 3.05) is 49.1 Å². The van der Waals surface area contributed by atoms with Crippen molar-refractivity contribution in [2.45, 2.75) is 47.2 Å². The number of thioether (sulfide) groups is 2. The van der Waals surface area contributed by atoms with E-state index in [4.69, 9.17) is 24.9 Å². The van der Waals surface area contributed by atoms with Gasteiger partial charge in [-0.05, 0) is 45.4 Å². The van der Waals surface area contributed by atoms with Crippen LogP contribution in [0.3, 0.4) is 0 Å². The molecular weight excluding hydrogens is 725 g/mol. The number of carbonyl (C=O) groups is 2. The standard InChI is InChI=1S/C32H36N14O5S2/c1-6-51-16-9-11-34-20(13-16)40-25(47)18(52-27-21-23(38-14-36-21)43-30(33)45-27)10-12-35-31-44-24-22(37-15-39-24)28(46-31)53-32(2,3)29(48)42-19-8-7-17(49-4)26(41-19)50-5/h7-9,11,13-15,18H,6,10,12H2,1-5H3,(H,34,40,47)(H,41,42,48)(H3,33,36,38,43,45)(H2,35,37,39,44,46)/t18-/m1/s1. The molecule has 0 unspecified atom stereocenters. The zero-order chi connectivity index (χ0) is 37.5. The second-order valence-electron chi connectivity index (χ2n) is 11.5. The molecule has 0 aliphatic carbocycles. The Morgan fingerprint density at radius 1 is 0.906 bits per heavy atom. The first-order valence-corrected chi connectivity index (χ1v) is 17.8. The summed E-state index contributed by atoms with van der Waals surface area (Å²) in [6, 6.07) is 6.63. The van der Waals surface area contributed by atoms with Crippen molar-refractivity contribution in [2.24, 2.45) is 0 Å². The molecule has 6 aromatic heterocycles. The molecule has 2 amide bonds. The third-order valence-electron chi connectivity index (χ3n) is 7.43. The monoisotopic (exact) mass is 760 g/mol. The number of pyridine rings is 2. The van der Waals surface area contributed by atoms with E-state index in [0.29, 0.717) is 62.1 Å². The number of aromatic amines is 2. The molecule has 276 valence electrons. The maximum absolute atomic E-state index is 13.8. The van der Waals surface area contributed by atoms with Crippen molar-refractivity contribution >= 4 is 81.2 Å². The smallest absolute Gasteiger partial charge is 0.258 e. The summed E-state index contributed by atoms with van der Waals surface area (Å²) in [7, 11) is 2.97. The maximum Gasteiger partial charge on any atom is 0.258 e. The number of nitrogen functional groups attached to an aromatic ring is 1. The van der Waals surface area contributed by atoms with Crippen LogP contribution in [0, 0.1) is 0 Å². The summed E-state index contributed by atoms with van der Waals surface area (Å²) in [4.78, 5) is 68.2. The molecule has 53 heavy (non-hydrogen) atoms. The third-order valence-corrected chi connectivity index (χ3v) is 9.87. The molecule has 7 N–H and O–H groups in total. The minimum atomic E-state index is -1.02. The molecule has 0 aromatic carbocycles. The number of rotatable bonds is 16. The lowest BCUT2D eigenvalue weighted by Gasteiger charge is -2.23. The summed E-state index contributed by atoms with van der Waals surface area (Å²) in [6.07, 6.45) is 4.83. The fourth-order valence-corrected chi connectivity index (χ4v) is 6.95. The molecule has 0 aliphatic heterocycles. The molecule has 0 fully saturated rings. The summed E-state index contributed by atoms with van der Waals surface area (Å²) >= 11 is 2.41. The second-order valence-corrected chi connectivity index (χ2v) is 14.3. The summed E-state index contributed by atoms with van der Waals surface area (Å²) in [5, 5.41) is 9.17. The van der Waals surface area contributed by atoms with Gasteiger partial charge in [0, 0.05) is 18.8 Å². The van der Waals surface area contributed by atoms with Crippen molar-refractivity contribution in [3.63, 3.8) is 0 Å². The van der Waals surface area contributed by atoms with Gasteiger partial charge in [0.05, 0.1) is 43.5 Å². The Morgan fingerprint density at radius 3 is 2.40 bits per heavy atom. The van der Waals surface area contributed by atoms with E-state index in [-0.39, 0.29) is 42.6 Å². The van der Waals surface area contributed by atoms with Crippen LogP contribution >= 0.6 is 23.5 Å². The summed E-state index contributed by atoms with van der Waals surface area (Å²) in [5.74, 6) is 1.49. The van der Waals surface area contributed by atoms with Crippen LogP contribution in [0.15, 0.2) is 53.2 Å². The first kappa shape index (κ1) is 36.8. The van der Waals surface area contributed by atoms with E-state index in [1.807, 2.05) is 6.92 Å². The number of nitrogens with zero attached hydrogens (tertiary/aromatic N) is 8. The van der Waals surface area contributed by atoms with E-state index in [0.717, 1.165) is 0 Å². The molecule has 1 atom stereocenters. The molecule has 21 heteroatoms. The molecule has 6 rings (SSSR count). The topological polar surface area (TPSA) is 259 Å². The van der Waals surface area contributed by atoms with Crippen molar-refractivity contribution < 1.29 is 23.8 Å². The van der Waals surface area contributed by atoms with Gasteiger partial charge < -0.3 is 45.9 Å². The summed E-state index contributed by atoms with van der Waals surface area (Å²) in [6.45, 7) is 6.13. The Hall–Kier alpha value is -5.96. The number of nitrogens with two attached hydrogens (primary N) is 1. The Morgan fingerprint density at radius 2 is 1.66 bits per heavy atom. The number of anilines is 4. The predicted octanol–water partition coefficient (Wildman–Crippen LogP) is 3.92. The van der Waals surface area contributed by atoms with E-state index in [9.17, 15) is 9.59 Å². The van der Waals surface area contributed by atoms with Crippen LogP contribution in [0.4, 0.5) is 23.5 Å². The Kier molecular flexibility index (Phi) is 11.2. The molecule has 0 spiro atoms. The van der Waals surface area contributed by atoms with E-state index in [1.165, 1.54) is 50.4 Å². The van der Waals surface area contributed by atoms with Gasteiger partial charge in [0.1, 0.15) is 38.5 Å². The summed E-state index contributed by atoms with van der Waals surface area (Å²) < 4.78 is 15.1. The number of hydrogen-bond acceptors (Lipinski definition) is 17. The fourth-order valence-electron chi connectivity index (χ4n) is 4.86. The highest BCUT2D eigenvalue weighted by atomic mass is 32.2. The average Bonchev–Trinajstić information content (AvgIpc) is 3.81. The van der Waals surface area contributed by atoms with E-state index >= 15 is 0 Å². The number of methoxy groups -OCH3 is 2. The van der Waals surface area contributed by atoms with Gasteiger partial charge in [-0.3, -0.25) is 9.59 Å². The Labute approximate surface area is 310 Å². The minimum Gasteiger partial charge on any atom is -0.494 e. The number of amides is 2. The number of imidazole rings is 2. The van der Waals surface area contributed by atoms with Gasteiger partial charge in [0.25, 0.3) is 5.88 Å². The number of carbonyl (C=O) groups excluding carboxylic acids is 2. The van der Waals surface area contributed by atoms with Crippen molar-refractivity contribution in [1.29, 1.82) is 0 Å². The molecule has 6 aromatic rings. The predicted molar refractivity (Wildman–Crippen MR) is 200 cm³/mol. The molecule has 0 bridgehead atoms. The first-order chi connectivity index (χ1) is 25.6. The molecule has 0 saturated carbocycles. The first-order valence-electron chi connectivity index (χ1n) is 16.1. The van der Waals surface area contributed by atoms with Gasteiger partial charge in [0.2, 0.25) is 23.7 Å². The third kappa shape index (κ3) is 8.75. The molecule has 0 radical (unpaired) electrons. The van der Waals surface area contributed by atoms with Crippen molar-refractivity contribution in [3.8, 4) is 17.4 Å². The van der Waals surface area contributed by atoms with Crippen LogP contribution < -0.4 is 35.9 Å².